The fourth-order valence-corrected chi connectivity index (χ4v) is 5.08. The minimum Gasteiger partial charge on any atom is -0.372 e. The van der Waals surface area contributed by atoms with Gasteiger partial charge in [-0.15, -0.1) is 11.3 Å². The molecule has 2 aromatic carbocycles. The normalized spacial score (nSPS) is 18.4. The highest BCUT2D eigenvalue weighted by Crippen LogP contribution is 2.29. The van der Waals surface area contributed by atoms with Gasteiger partial charge in [0, 0.05) is 41.4 Å². The van der Waals surface area contributed by atoms with Crippen molar-refractivity contribution in [2.24, 2.45) is 0 Å². The molecule has 4 rings (SSSR count). The van der Waals surface area contributed by atoms with E-state index < -0.39 is 0 Å². The summed E-state index contributed by atoms with van der Waals surface area (Å²) in [5.41, 5.74) is 3.94. The van der Waals surface area contributed by atoms with Gasteiger partial charge in [-0.05, 0) is 58.0 Å². The molecule has 1 fully saturated rings. The maximum atomic E-state index is 12.9. The van der Waals surface area contributed by atoms with Crippen LogP contribution in [0.3, 0.4) is 0 Å². The predicted molar refractivity (Wildman–Crippen MR) is 138 cm³/mol. The SMILES string of the molecule is CC(C)Nc1nc(-c2cccc(NC(=O)c3ccc(N4C[C@@H](C)O[C@@H](C)C4)cc3Cl)c2)cs1. The number of nitrogens with one attached hydrogen (secondary N) is 2. The summed E-state index contributed by atoms with van der Waals surface area (Å²) >= 11 is 8.09. The number of halogens is 1. The van der Waals surface area contributed by atoms with E-state index in [0.29, 0.717) is 22.3 Å². The lowest BCUT2D eigenvalue weighted by molar-refractivity contribution is -0.00522. The Labute approximate surface area is 203 Å². The van der Waals surface area contributed by atoms with Crippen LogP contribution in [0.25, 0.3) is 11.3 Å². The number of carbonyl (C=O) groups is 1. The molecule has 1 amide bonds. The third kappa shape index (κ3) is 5.85. The Hall–Kier alpha value is -2.61. The molecule has 0 saturated carbocycles. The third-order valence-electron chi connectivity index (χ3n) is 5.31. The second-order valence-electron chi connectivity index (χ2n) is 8.70. The topological polar surface area (TPSA) is 66.5 Å². The first kappa shape index (κ1) is 23.5. The number of nitrogens with zero attached hydrogens (tertiary/aromatic N) is 2. The van der Waals surface area contributed by atoms with Gasteiger partial charge in [-0.25, -0.2) is 4.98 Å². The van der Waals surface area contributed by atoms with Gasteiger partial charge in [0.15, 0.2) is 5.13 Å². The minimum absolute atomic E-state index is 0.151. The second kappa shape index (κ2) is 10.1. The van der Waals surface area contributed by atoms with E-state index in [4.69, 9.17) is 16.3 Å². The van der Waals surface area contributed by atoms with Gasteiger partial charge in [-0.3, -0.25) is 4.79 Å². The number of amides is 1. The van der Waals surface area contributed by atoms with Gasteiger partial charge in [0.2, 0.25) is 0 Å². The van der Waals surface area contributed by atoms with Crippen molar-refractivity contribution in [2.45, 2.75) is 45.9 Å². The number of morpholine rings is 1. The zero-order valence-corrected chi connectivity index (χ0v) is 20.8. The van der Waals surface area contributed by atoms with Crippen molar-refractivity contribution in [3.63, 3.8) is 0 Å². The van der Waals surface area contributed by atoms with E-state index in [-0.39, 0.29) is 18.1 Å². The molecule has 3 aromatic rings. The molecule has 0 spiro atoms. The quantitative estimate of drug-likeness (QED) is 0.439. The van der Waals surface area contributed by atoms with Crippen LogP contribution in [0.1, 0.15) is 38.1 Å². The lowest BCUT2D eigenvalue weighted by Crippen LogP contribution is -2.45. The van der Waals surface area contributed by atoms with E-state index in [0.717, 1.165) is 35.2 Å². The van der Waals surface area contributed by atoms with Crippen LogP contribution >= 0.6 is 22.9 Å². The van der Waals surface area contributed by atoms with Crippen molar-refractivity contribution in [2.75, 3.05) is 28.6 Å². The van der Waals surface area contributed by atoms with Crippen LogP contribution in [-0.4, -0.2) is 42.2 Å². The van der Waals surface area contributed by atoms with Gasteiger partial charge >= 0.3 is 0 Å². The van der Waals surface area contributed by atoms with Crippen LogP contribution in [0.15, 0.2) is 47.8 Å². The number of ether oxygens (including phenoxy) is 1. The molecular formula is C25H29ClN4O2S. The Morgan fingerprint density at radius 1 is 1.18 bits per heavy atom. The third-order valence-corrected chi connectivity index (χ3v) is 6.40. The number of hydrogen-bond donors (Lipinski definition) is 2. The van der Waals surface area contributed by atoms with Crippen LogP contribution in [0, 0.1) is 0 Å². The minimum atomic E-state index is -0.243. The van der Waals surface area contributed by atoms with Crippen LogP contribution in [0.2, 0.25) is 5.02 Å². The molecular weight excluding hydrogens is 456 g/mol. The standard InChI is InChI=1S/C25H29ClN4O2S/c1-15(2)27-25-29-23(14-33-25)18-6-5-7-19(10-18)28-24(31)21-9-8-20(11-22(21)26)30-12-16(3)32-17(4)13-30/h5-11,14-17H,12-13H2,1-4H3,(H,27,29)(H,28,31)/t16-,17+. The summed E-state index contributed by atoms with van der Waals surface area (Å²) in [7, 11) is 0. The fraction of sp³-hybridized carbons (Fsp3) is 0.360. The smallest absolute Gasteiger partial charge is 0.257 e. The molecule has 2 N–H and O–H groups in total. The molecule has 2 atom stereocenters. The van der Waals surface area contributed by atoms with Crippen LogP contribution in [0.5, 0.6) is 0 Å². The van der Waals surface area contributed by atoms with Crippen LogP contribution < -0.4 is 15.5 Å². The summed E-state index contributed by atoms with van der Waals surface area (Å²) < 4.78 is 5.81. The van der Waals surface area contributed by atoms with Gasteiger partial charge in [-0.1, -0.05) is 23.7 Å². The Balaban J connectivity index is 1.47. The number of benzene rings is 2. The first-order chi connectivity index (χ1) is 15.8. The van der Waals surface area contributed by atoms with Crippen molar-refractivity contribution in [1.82, 2.24) is 4.98 Å². The first-order valence-electron chi connectivity index (χ1n) is 11.1. The van der Waals surface area contributed by atoms with E-state index in [1.54, 1.807) is 17.4 Å². The molecule has 1 saturated heterocycles. The molecule has 33 heavy (non-hydrogen) atoms. The van der Waals surface area contributed by atoms with E-state index in [2.05, 4.69) is 48.2 Å². The molecule has 0 unspecified atom stereocenters. The molecule has 1 aromatic heterocycles. The van der Waals surface area contributed by atoms with Gasteiger partial charge in [-0.2, -0.15) is 0 Å². The van der Waals surface area contributed by atoms with Crippen molar-refractivity contribution in [3.05, 3.63) is 58.4 Å². The van der Waals surface area contributed by atoms with Crippen molar-refractivity contribution in [1.29, 1.82) is 0 Å². The zero-order valence-electron chi connectivity index (χ0n) is 19.3. The highest BCUT2D eigenvalue weighted by molar-refractivity contribution is 7.14. The second-order valence-corrected chi connectivity index (χ2v) is 9.96. The Morgan fingerprint density at radius 3 is 2.64 bits per heavy atom. The molecule has 8 heteroatoms. The predicted octanol–water partition coefficient (Wildman–Crippen LogP) is 6.15. The Bertz CT molecular complexity index is 1120. The van der Waals surface area contributed by atoms with Crippen LogP contribution in [0.4, 0.5) is 16.5 Å². The molecule has 1 aliphatic heterocycles. The van der Waals surface area contributed by atoms with E-state index in [1.807, 2.05) is 41.8 Å². The monoisotopic (exact) mass is 484 g/mol. The number of hydrogen-bond acceptors (Lipinski definition) is 6. The van der Waals surface area contributed by atoms with Crippen molar-refractivity contribution < 1.29 is 9.53 Å². The number of carbonyl (C=O) groups excluding carboxylic acids is 1. The number of rotatable bonds is 6. The summed E-state index contributed by atoms with van der Waals surface area (Å²) in [6, 6.07) is 13.6. The van der Waals surface area contributed by atoms with E-state index in [9.17, 15) is 4.79 Å². The largest absolute Gasteiger partial charge is 0.372 e. The molecule has 1 aliphatic rings. The summed E-state index contributed by atoms with van der Waals surface area (Å²) in [5.74, 6) is -0.243. The molecule has 2 heterocycles. The number of anilines is 3. The summed E-state index contributed by atoms with van der Waals surface area (Å²) in [4.78, 5) is 19.8. The lowest BCUT2D eigenvalue weighted by atomic mass is 10.1. The highest BCUT2D eigenvalue weighted by Gasteiger charge is 2.23. The first-order valence-corrected chi connectivity index (χ1v) is 12.4. The summed E-state index contributed by atoms with van der Waals surface area (Å²) in [6.07, 6.45) is 0.301. The van der Waals surface area contributed by atoms with E-state index in [1.165, 1.54) is 0 Å². The van der Waals surface area contributed by atoms with Gasteiger partial charge < -0.3 is 20.3 Å². The average molecular weight is 485 g/mol. The van der Waals surface area contributed by atoms with Gasteiger partial charge in [0.05, 0.1) is 28.5 Å². The van der Waals surface area contributed by atoms with Crippen molar-refractivity contribution >= 4 is 45.4 Å². The fourth-order valence-electron chi connectivity index (χ4n) is 3.95. The summed E-state index contributed by atoms with van der Waals surface area (Å²) in [6.45, 7) is 9.88. The number of aromatic nitrogens is 1. The molecule has 0 aliphatic carbocycles. The molecule has 0 bridgehead atoms. The maximum absolute atomic E-state index is 12.9. The van der Waals surface area contributed by atoms with E-state index >= 15 is 0 Å². The van der Waals surface area contributed by atoms with Gasteiger partial charge in [0.1, 0.15) is 0 Å². The highest BCUT2D eigenvalue weighted by atomic mass is 35.5. The maximum Gasteiger partial charge on any atom is 0.257 e. The van der Waals surface area contributed by atoms with Crippen molar-refractivity contribution in [3.8, 4) is 11.3 Å². The zero-order chi connectivity index (χ0) is 23.5. The average Bonchev–Trinajstić information content (AvgIpc) is 3.21. The molecule has 174 valence electrons. The Kier molecular flexibility index (Phi) is 7.22. The lowest BCUT2D eigenvalue weighted by Gasteiger charge is -2.37. The number of thiazole rings is 1. The molecule has 0 radical (unpaired) electrons. The summed E-state index contributed by atoms with van der Waals surface area (Å²) in [5, 5.41) is 9.60. The molecule has 6 nitrogen and oxygen atoms in total. The Morgan fingerprint density at radius 2 is 1.94 bits per heavy atom. The van der Waals surface area contributed by atoms with Gasteiger partial charge in [0.25, 0.3) is 5.91 Å². The van der Waals surface area contributed by atoms with Crippen LogP contribution in [-0.2, 0) is 4.74 Å².